The van der Waals surface area contributed by atoms with Crippen LogP contribution in [-0.4, -0.2) is 47.3 Å². The number of hydrogen-bond donors (Lipinski definition) is 0. The average molecular weight is 368 g/mol. The van der Waals surface area contributed by atoms with Gasteiger partial charge < -0.3 is 4.90 Å². The molecule has 3 aromatic heterocycles. The molecular weight excluding hydrogens is 352 g/mol. The van der Waals surface area contributed by atoms with Crippen LogP contribution in [0.1, 0.15) is 35.1 Å². The van der Waals surface area contributed by atoms with Crippen molar-refractivity contribution in [3.63, 3.8) is 0 Å². The molecule has 9 heteroatoms. The Morgan fingerprint density at radius 3 is 3.08 bits per heavy atom. The van der Waals surface area contributed by atoms with Crippen molar-refractivity contribution in [2.45, 2.75) is 30.6 Å². The van der Waals surface area contributed by atoms with E-state index < -0.39 is 0 Å². The highest BCUT2D eigenvalue weighted by Crippen LogP contribution is 2.32. The molecule has 0 N–H and O–H groups in total. The number of nitrogens with zero attached hydrogens (tertiary/aromatic N) is 6. The maximum absolute atomic E-state index is 13.1. The molecule has 3 aromatic rings. The quantitative estimate of drug-likeness (QED) is 0.635. The minimum absolute atomic E-state index is 0.136. The van der Waals surface area contributed by atoms with E-state index in [1.807, 2.05) is 28.8 Å². The number of carbonyl (C=O) groups excluding carboxylic acids is 1. The number of pyridine rings is 1. The Morgan fingerprint density at radius 1 is 1.23 bits per heavy atom. The maximum atomic E-state index is 13.1. The van der Waals surface area contributed by atoms with Crippen molar-refractivity contribution in [1.29, 1.82) is 0 Å². The summed E-state index contributed by atoms with van der Waals surface area (Å²) in [4.78, 5) is 31.8. The third kappa shape index (κ3) is 2.27. The van der Waals surface area contributed by atoms with Gasteiger partial charge in [0.25, 0.3) is 11.5 Å². The molecule has 5 rings (SSSR count). The molecule has 132 valence electrons. The molecule has 26 heavy (non-hydrogen) atoms. The number of rotatable bonds is 2. The maximum Gasteiger partial charge on any atom is 0.267 e. The standard InChI is InChI=1S/C17H16N6O2S/c24-15(11-10-18-17-23(16(11)25)8-9-26-17)21-7-3-4-12(21)14-20-19-13-5-1-2-6-22(13)14/h1-2,5-6,10,12H,3-4,7-9H2. The van der Waals surface area contributed by atoms with E-state index in [0.717, 1.165) is 30.1 Å². The van der Waals surface area contributed by atoms with E-state index in [4.69, 9.17) is 0 Å². The van der Waals surface area contributed by atoms with Gasteiger partial charge in [0, 0.05) is 31.2 Å². The zero-order valence-electron chi connectivity index (χ0n) is 13.9. The lowest BCUT2D eigenvalue weighted by atomic mass is 10.2. The van der Waals surface area contributed by atoms with Crippen molar-refractivity contribution in [3.8, 4) is 0 Å². The van der Waals surface area contributed by atoms with E-state index >= 15 is 0 Å². The number of amides is 1. The predicted molar refractivity (Wildman–Crippen MR) is 95.2 cm³/mol. The molecule has 0 aliphatic carbocycles. The molecule has 1 amide bonds. The summed E-state index contributed by atoms with van der Waals surface area (Å²) in [5.74, 6) is 1.28. The highest BCUT2D eigenvalue weighted by atomic mass is 32.2. The van der Waals surface area contributed by atoms with E-state index in [1.54, 1.807) is 21.2 Å². The second kappa shape index (κ2) is 5.94. The minimum atomic E-state index is -0.273. The molecule has 0 saturated carbocycles. The fraction of sp³-hybridized carbons (Fsp3) is 0.353. The number of hydrogen-bond acceptors (Lipinski definition) is 6. The van der Waals surface area contributed by atoms with Crippen molar-refractivity contribution >= 4 is 23.3 Å². The van der Waals surface area contributed by atoms with E-state index in [9.17, 15) is 9.59 Å². The SMILES string of the molecule is O=C(c1cnc2n(c1=O)CCS2)N1CCCC1c1nnc2ccccn12. The fourth-order valence-electron chi connectivity index (χ4n) is 3.68. The Bertz CT molecular complexity index is 1070. The molecule has 1 atom stereocenters. The number of likely N-dealkylation sites (tertiary alicyclic amines) is 1. The van der Waals surface area contributed by atoms with E-state index in [2.05, 4.69) is 15.2 Å². The monoisotopic (exact) mass is 368 g/mol. The molecule has 1 fully saturated rings. The first kappa shape index (κ1) is 15.6. The molecule has 0 radical (unpaired) electrons. The summed E-state index contributed by atoms with van der Waals surface area (Å²) < 4.78 is 3.50. The van der Waals surface area contributed by atoms with Crippen LogP contribution in [0.3, 0.4) is 0 Å². The first-order chi connectivity index (χ1) is 12.7. The third-order valence-electron chi connectivity index (χ3n) is 4.94. The Balaban J connectivity index is 1.53. The summed E-state index contributed by atoms with van der Waals surface area (Å²) >= 11 is 1.54. The highest BCUT2D eigenvalue weighted by molar-refractivity contribution is 7.99. The van der Waals surface area contributed by atoms with Gasteiger partial charge in [0.1, 0.15) is 5.56 Å². The second-order valence-electron chi connectivity index (χ2n) is 6.40. The number of aromatic nitrogens is 5. The number of fused-ring (bicyclic) bond motifs is 2. The summed E-state index contributed by atoms with van der Waals surface area (Å²) in [7, 11) is 0. The average Bonchev–Trinajstić information content (AvgIpc) is 3.39. The Kier molecular flexibility index (Phi) is 3.56. The van der Waals surface area contributed by atoms with Crippen LogP contribution >= 0.6 is 11.8 Å². The minimum Gasteiger partial charge on any atom is -0.328 e. The van der Waals surface area contributed by atoms with E-state index in [0.29, 0.717) is 18.2 Å². The molecule has 0 bridgehead atoms. The van der Waals surface area contributed by atoms with Gasteiger partial charge in [-0.25, -0.2) is 4.98 Å². The molecule has 8 nitrogen and oxygen atoms in total. The number of thioether (sulfide) groups is 1. The zero-order valence-corrected chi connectivity index (χ0v) is 14.7. The van der Waals surface area contributed by atoms with Gasteiger partial charge in [-0.05, 0) is 25.0 Å². The molecule has 0 aromatic carbocycles. The van der Waals surface area contributed by atoms with Crippen LogP contribution in [0.25, 0.3) is 5.65 Å². The van der Waals surface area contributed by atoms with Gasteiger partial charge >= 0.3 is 0 Å². The lowest BCUT2D eigenvalue weighted by molar-refractivity contribution is 0.0725. The predicted octanol–water partition coefficient (Wildman–Crippen LogP) is 1.37. The first-order valence-corrected chi connectivity index (χ1v) is 9.56. The highest BCUT2D eigenvalue weighted by Gasteiger charge is 2.35. The fourth-order valence-corrected chi connectivity index (χ4v) is 4.60. The molecule has 5 heterocycles. The number of carbonyl (C=O) groups is 1. The lowest BCUT2D eigenvalue weighted by Gasteiger charge is -2.23. The second-order valence-corrected chi connectivity index (χ2v) is 7.47. The van der Waals surface area contributed by atoms with Gasteiger partial charge in [0.2, 0.25) is 0 Å². The van der Waals surface area contributed by atoms with Gasteiger partial charge in [-0.1, -0.05) is 17.8 Å². The topological polar surface area (TPSA) is 85.4 Å². The van der Waals surface area contributed by atoms with Crippen LogP contribution < -0.4 is 5.56 Å². The Labute approximate surface area is 152 Å². The third-order valence-corrected chi connectivity index (χ3v) is 5.91. The van der Waals surface area contributed by atoms with Gasteiger partial charge in [0.05, 0.1) is 6.04 Å². The van der Waals surface area contributed by atoms with Crippen molar-refractivity contribution < 1.29 is 4.79 Å². The molecule has 2 aliphatic rings. The van der Waals surface area contributed by atoms with Crippen LogP contribution in [-0.2, 0) is 6.54 Å². The van der Waals surface area contributed by atoms with Crippen LogP contribution in [0.5, 0.6) is 0 Å². The molecule has 2 aliphatic heterocycles. The normalized spacial score (nSPS) is 19.2. The van der Waals surface area contributed by atoms with Crippen LogP contribution in [0, 0.1) is 0 Å². The van der Waals surface area contributed by atoms with Crippen molar-refractivity contribution in [2.75, 3.05) is 12.3 Å². The largest absolute Gasteiger partial charge is 0.328 e. The van der Waals surface area contributed by atoms with E-state index in [-0.39, 0.29) is 23.1 Å². The molecule has 1 saturated heterocycles. The smallest absolute Gasteiger partial charge is 0.267 e. The molecule has 0 spiro atoms. The van der Waals surface area contributed by atoms with Crippen LogP contribution in [0.4, 0.5) is 0 Å². The lowest BCUT2D eigenvalue weighted by Crippen LogP contribution is -2.37. The van der Waals surface area contributed by atoms with E-state index in [1.165, 1.54) is 6.20 Å². The van der Waals surface area contributed by atoms with Gasteiger partial charge in [-0.15, -0.1) is 10.2 Å². The van der Waals surface area contributed by atoms with Crippen molar-refractivity contribution in [2.24, 2.45) is 0 Å². The summed E-state index contributed by atoms with van der Waals surface area (Å²) in [5.41, 5.74) is 0.636. The Hall–Kier alpha value is -2.68. The summed E-state index contributed by atoms with van der Waals surface area (Å²) in [5, 5.41) is 9.18. The Morgan fingerprint density at radius 2 is 2.15 bits per heavy atom. The summed E-state index contributed by atoms with van der Waals surface area (Å²) in [6.07, 6.45) is 4.99. The van der Waals surface area contributed by atoms with Crippen molar-refractivity contribution in [1.82, 2.24) is 29.0 Å². The van der Waals surface area contributed by atoms with Crippen LogP contribution in [0.2, 0.25) is 0 Å². The summed E-state index contributed by atoms with van der Waals surface area (Å²) in [6.45, 7) is 1.20. The van der Waals surface area contributed by atoms with Gasteiger partial charge in [-0.3, -0.25) is 18.6 Å². The van der Waals surface area contributed by atoms with Crippen molar-refractivity contribution in [3.05, 3.63) is 52.3 Å². The molecule has 1 unspecified atom stereocenters. The van der Waals surface area contributed by atoms with Crippen LogP contribution in [0.15, 0.2) is 40.5 Å². The van der Waals surface area contributed by atoms with Gasteiger partial charge in [0.15, 0.2) is 16.6 Å². The zero-order chi connectivity index (χ0) is 17.7. The first-order valence-electron chi connectivity index (χ1n) is 8.57. The van der Waals surface area contributed by atoms with Gasteiger partial charge in [-0.2, -0.15) is 0 Å². The summed E-state index contributed by atoms with van der Waals surface area (Å²) in [6, 6.07) is 5.51. The molecular formula is C17H16N6O2S.